The van der Waals surface area contributed by atoms with Gasteiger partial charge in [-0.15, -0.1) is 0 Å². The van der Waals surface area contributed by atoms with Gasteiger partial charge in [-0.3, -0.25) is 9.59 Å². The molecule has 1 aromatic rings. The molecule has 1 aliphatic rings. The van der Waals surface area contributed by atoms with Crippen LogP contribution in [-0.4, -0.2) is 49.9 Å². The van der Waals surface area contributed by atoms with Crippen LogP contribution in [0.4, 0.5) is 5.69 Å². The van der Waals surface area contributed by atoms with Crippen molar-refractivity contribution in [3.63, 3.8) is 0 Å². The van der Waals surface area contributed by atoms with Crippen LogP contribution in [0.25, 0.3) is 0 Å². The van der Waals surface area contributed by atoms with Gasteiger partial charge >= 0.3 is 0 Å². The number of carbonyl (C=O) groups is 2. The minimum atomic E-state index is 0.0459. The van der Waals surface area contributed by atoms with E-state index in [4.69, 9.17) is 0 Å². The summed E-state index contributed by atoms with van der Waals surface area (Å²) in [6.45, 7) is 4.36. The molecule has 5 nitrogen and oxygen atoms in total. The van der Waals surface area contributed by atoms with E-state index in [0.717, 1.165) is 31.6 Å². The van der Waals surface area contributed by atoms with Crippen molar-refractivity contribution in [2.45, 2.75) is 44.9 Å². The highest BCUT2D eigenvalue weighted by molar-refractivity contribution is 5.92. The molecule has 0 unspecified atom stereocenters. The third-order valence-corrected chi connectivity index (χ3v) is 4.73. The summed E-state index contributed by atoms with van der Waals surface area (Å²) >= 11 is 0. The van der Waals surface area contributed by atoms with E-state index in [1.54, 1.807) is 11.9 Å². The van der Waals surface area contributed by atoms with Crippen molar-refractivity contribution in [2.24, 2.45) is 0 Å². The van der Waals surface area contributed by atoms with Crippen molar-refractivity contribution < 1.29 is 9.59 Å². The molecule has 0 spiro atoms. The molecule has 1 heterocycles. The van der Waals surface area contributed by atoms with Gasteiger partial charge in [0.05, 0.1) is 0 Å². The van der Waals surface area contributed by atoms with Gasteiger partial charge in [0.1, 0.15) is 0 Å². The largest absolute Gasteiger partial charge is 0.356 e. The fourth-order valence-corrected chi connectivity index (χ4v) is 3.15. The molecule has 0 radical (unpaired) electrons. The zero-order chi connectivity index (χ0) is 17.9. The molecule has 1 saturated heterocycles. The monoisotopic (exact) mass is 345 g/mol. The molecule has 1 N–H and O–H groups in total. The van der Waals surface area contributed by atoms with Crippen LogP contribution in [0, 0.1) is 0 Å². The second kappa shape index (κ2) is 10.9. The molecule has 0 bridgehead atoms. The van der Waals surface area contributed by atoms with Crippen LogP contribution in [0.3, 0.4) is 0 Å². The van der Waals surface area contributed by atoms with E-state index in [9.17, 15) is 9.59 Å². The van der Waals surface area contributed by atoms with E-state index in [1.807, 2.05) is 30.3 Å². The molecule has 138 valence electrons. The van der Waals surface area contributed by atoms with Gasteiger partial charge in [-0.25, -0.2) is 0 Å². The maximum Gasteiger partial charge on any atom is 0.226 e. The minimum absolute atomic E-state index is 0.0459. The number of hydrogen-bond donors (Lipinski definition) is 1. The van der Waals surface area contributed by atoms with Crippen molar-refractivity contribution in [2.75, 3.05) is 38.1 Å². The Hall–Kier alpha value is -1.88. The maximum absolute atomic E-state index is 12.1. The van der Waals surface area contributed by atoms with Crippen LogP contribution in [-0.2, 0) is 9.59 Å². The van der Waals surface area contributed by atoms with E-state index >= 15 is 0 Å². The summed E-state index contributed by atoms with van der Waals surface area (Å²) in [4.78, 5) is 28.1. The van der Waals surface area contributed by atoms with E-state index in [0.29, 0.717) is 19.3 Å². The Morgan fingerprint density at radius 3 is 2.48 bits per heavy atom. The Balaban J connectivity index is 1.50. The lowest BCUT2D eigenvalue weighted by Gasteiger charge is -2.17. The molecule has 0 saturated carbocycles. The lowest BCUT2D eigenvalue weighted by Crippen LogP contribution is -2.28. The molecule has 0 atom stereocenters. The average molecular weight is 345 g/mol. The number of para-hydroxylation sites is 1. The summed E-state index contributed by atoms with van der Waals surface area (Å²) < 4.78 is 0. The van der Waals surface area contributed by atoms with Crippen molar-refractivity contribution in [3.8, 4) is 0 Å². The maximum atomic E-state index is 12.1. The normalized spacial score (nSPS) is 14.4. The van der Waals surface area contributed by atoms with Gasteiger partial charge in [-0.1, -0.05) is 18.2 Å². The molecule has 1 fully saturated rings. The number of likely N-dealkylation sites (tertiary alicyclic amines) is 1. The number of nitrogens with one attached hydrogen (secondary N) is 1. The molecular formula is C20H31N3O2. The Morgan fingerprint density at radius 2 is 1.76 bits per heavy atom. The fourth-order valence-electron chi connectivity index (χ4n) is 3.15. The summed E-state index contributed by atoms with van der Waals surface area (Å²) in [5.74, 6) is 0.0981. The van der Waals surface area contributed by atoms with Crippen LogP contribution >= 0.6 is 0 Å². The van der Waals surface area contributed by atoms with E-state index in [2.05, 4.69) is 10.2 Å². The smallest absolute Gasteiger partial charge is 0.226 e. The van der Waals surface area contributed by atoms with Crippen molar-refractivity contribution in [1.29, 1.82) is 0 Å². The summed E-state index contributed by atoms with van der Waals surface area (Å²) in [6, 6.07) is 9.57. The number of benzene rings is 1. The number of carbonyl (C=O) groups excluding carboxylic acids is 2. The van der Waals surface area contributed by atoms with Crippen LogP contribution < -0.4 is 10.2 Å². The first-order valence-corrected chi connectivity index (χ1v) is 9.47. The van der Waals surface area contributed by atoms with E-state index in [1.165, 1.54) is 25.9 Å². The zero-order valence-electron chi connectivity index (χ0n) is 15.4. The van der Waals surface area contributed by atoms with Crippen molar-refractivity contribution in [3.05, 3.63) is 30.3 Å². The average Bonchev–Trinajstić information content (AvgIpc) is 3.15. The van der Waals surface area contributed by atoms with Crippen LogP contribution in [0.2, 0.25) is 0 Å². The van der Waals surface area contributed by atoms with Gasteiger partial charge in [0.25, 0.3) is 0 Å². The molecule has 1 aromatic carbocycles. The number of rotatable bonds is 10. The van der Waals surface area contributed by atoms with Gasteiger partial charge in [-0.2, -0.15) is 0 Å². The Bertz CT molecular complexity index is 527. The predicted molar refractivity (Wildman–Crippen MR) is 102 cm³/mol. The summed E-state index contributed by atoms with van der Waals surface area (Å²) in [7, 11) is 1.78. The van der Waals surface area contributed by atoms with E-state index in [-0.39, 0.29) is 11.8 Å². The lowest BCUT2D eigenvalue weighted by atomic mass is 10.2. The number of unbranched alkanes of at least 4 members (excludes halogenated alkanes) is 1. The molecular weight excluding hydrogens is 314 g/mol. The van der Waals surface area contributed by atoms with Crippen LogP contribution in [0.15, 0.2) is 30.3 Å². The highest BCUT2D eigenvalue weighted by Gasteiger charge is 2.12. The first-order valence-electron chi connectivity index (χ1n) is 9.47. The topological polar surface area (TPSA) is 52.7 Å². The van der Waals surface area contributed by atoms with Gasteiger partial charge in [0.2, 0.25) is 11.8 Å². The van der Waals surface area contributed by atoms with Crippen molar-refractivity contribution in [1.82, 2.24) is 10.2 Å². The number of nitrogens with zero attached hydrogens (tertiary/aromatic N) is 2. The third kappa shape index (κ3) is 7.26. The Morgan fingerprint density at radius 1 is 1.04 bits per heavy atom. The van der Waals surface area contributed by atoms with Gasteiger partial charge in [0, 0.05) is 32.1 Å². The first-order chi connectivity index (χ1) is 12.2. The van der Waals surface area contributed by atoms with Crippen LogP contribution in [0.1, 0.15) is 44.9 Å². The Labute approximate surface area is 151 Å². The molecule has 2 rings (SSSR count). The second-order valence-corrected chi connectivity index (χ2v) is 6.75. The van der Waals surface area contributed by atoms with Gasteiger partial charge < -0.3 is 15.1 Å². The fraction of sp³-hybridized carbons (Fsp3) is 0.600. The highest BCUT2D eigenvalue weighted by atomic mass is 16.2. The zero-order valence-corrected chi connectivity index (χ0v) is 15.4. The van der Waals surface area contributed by atoms with Crippen LogP contribution in [0.5, 0.6) is 0 Å². The standard InChI is InChI=1S/C20H31N3O2/c1-22(18-10-3-2-4-11-18)20(25)13-9-12-19(24)21-14-5-6-15-23-16-7-8-17-23/h2-4,10-11H,5-9,12-17H2,1H3,(H,21,24). The first kappa shape index (κ1) is 19.4. The quantitative estimate of drug-likeness (QED) is 0.664. The molecule has 2 amide bonds. The van der Waals surface area contributed by atoms with Gasteiger partial charge in [0.15, 0.2) is 0 Å². The van der Waals surface area contributed by atoms with Crippen molar-refractivity contribution >= 4 is 17.5 Å². The van der Waals surface area contributed by atoms with E-state index < -0.39 is 0 Å². The third-order valence-electron chi connectivity index (χ3n) is 4.73. The molecule has 25 heavy (non-hydrogen) atoms. The summed E-state index contributed by atoms with van der Waals surface area (Å²) in [5.41, 5.74) is 0.884. The predicted octanol–water partition coefficient (Wildman–Crippen LogP) is 2.81. The second-order valence-electron chi connectivity index (χ2n) is 6.75. The molecule has 0 aromatic heterocycles. The Kier molecular flexibility index (Phi) is 8.46. The minimum Gasteiger partial charge on any atom is -0.356 e. The SMILES string of the molecule is CN(C(=O)CCCC(=O)NCCCCN1CCCC1)c1ccccc1. The lowest BCUT2D eigenvalue weighted by molar-refractivity contribution is -0.121. The summed E-state index contributed by atoms with van der Waals surface area (Å²) in [6.07, 6.45) is 6.23. The van der Waals surface area contributed by atoms with Gasteiger partial charge in [-0.05, 0) is 63.9 Å². The summed E-state index contributed by atoms with van der Waals surface area (Å²) in [5, 5.41) is 2.96. The number of anilines is 1. The molecule has 1 aliphatic heterocycles. The number of amides is 2. The molecule has 0 aliphatic carbocycles. The number of hydrogen-bond acceptors (Lipinski definition) is 3. The highest BCUT2D eigenvalue weighted by Crippen LogP contribution is 2.13. The molecule has 5 heteroatoms.